The minimum atomic E-state index is -0.734. The highest BCUT2D eigenvalue weighted by Crippen LogP contribution is 2.38. The number of carbonyl (C=O) groups is 2. The highest BCUT2D eigenvalue weighted by Gasteiger charge is 2.36. The molecule has 1 aromatic heterocycles. The molecule has 4 rings (SSSR count). The molecule has 1 atom stereocenters. The second kappa shape index (κ2) is 7.40. The molecule has 0 radical (unpaired) electrons. The van der Waals surface area contributed by atoms with Gasteiger partial charge in [0, 0.05) is 17.5 Å². The first-order valence-electron chi connectivity index (χ1n) is 9.65. The van der Waals surface area contributed by atoms with Gasteiger partial charge in [0.25, 0.3) is 0 Å². The van der Waals surface area contributed by atoms with Crippen molar-refractivity contribution in [1.29, 1.82) is 0 Å². The Balaban J connectivity index is 1.80. The third-order valence-electron chi connectivity index (χ3n) is 5.59. The van der Waals surface area contributed by atoms with Crippen molar-refractivity contribution in [2.75, 3.05) is 12.4 Å². The molecule has 1 aliphatic rings. The molecule has 2 aromatic carbocycles. The Labute approximate surface area is 173 Å². The van der Waals surface area contributed by atoms with E-state index in [9.17, 15) is 14.0 Å². The van der Waals surface area contributed by atoms with Crippen LogP contribution in [0.4, 0.5) is 10.2 Å². The number of hydrogen-bond acceptors (Lipinski definition) is 4. The summed E-state index contributed by atoms with van der Waals surface area (Å²) >= 11 is 0. The number of halogens is 1. The topological polar surface area (TPSA) is 73.2 Å². The van der Waals surface area contributed by atoms with Crippen LogP contribution in [0.3, 0.4) is 0 Å². The maximum Gasteiger partial charge on any atom is 0.226 e. The monoisotopic (exact) mass is 407 g/mol. The number of methoxy groups -OCH3 is 1. The van der Waals surface area contributed by atoms with E-state index in [0.717, 1.165) is 22.9 Å². The molecule has 0 saturated heterocycles. The molecule has 1 N–H and O–H groups in total. The quantitative estimate of drug-likeness (QED) is 0.656. The molecular weight excluding hydrogens is 385 g/mol. The second-order valence-corrected chi connectivity index (χ2v) is 7.55. The van der Waals surface area contributed by atoms with Gasteiger partial charge >= 0.3 is 0 Å². The number of fused-ring (bicyclic) bond motifs is 1. The normalized spacial score (nSPS) is 15.5. The molecule has 0 spiro atoms. The standard InChI is InChI=1S/C23H22FN3O3/c1-12-5-7-16(9-13(12)2)27-23-21(14(3)26-27)17(11-20(28)25-23)22(29)15-6-8-19(30-4)18(24)10-15/h5-10,17H,11H2,1-4H3,(H,25,28)/t17-/m1/s1. The number of benzene rings is 2. The van der Waals surface area contributed by atoms with E-state index in [4.69, 9.17) is 4.74 Å². The number of amides is 1. The van der Waals surface area contributed by atoms with Crippen LogP contribution in [0.1, 0.15) is 45.1 Å². The van der Waals surface area contributed by atoms with E-state index >= 15 is 0 Å². The Hall–Kier alpha value is -3.48. The number of hydrogen-bond donors (Lipinski definition) is 1. The number of Topliss-reactive ketones (excluding diaryl/α,β-unsaturated/α-hetero) is 1. The average Bonchev–Trinajstić information content (AvgIpc) is 3.05. The van der Waals surface area contributed by atoms with E-state index in [1.165, 1.54) is 19.2 Å². The van der Waals surface area contributed by atoms with Gasteiger partial charge in [-0.05, 0) is 62.2 Å². The first-order valence-corrected chi connectivity index (χ1v) is 9.65. The molecule has 7 heteroatoms. The van der Waals surface area contributed by atoms with Gasteiger partial charge in [-0.2, -0.15) is 5.10 Å². The molecule has 3 aromatic rings. The third-order valence-corrected chi connectivity index (χ3v) is 5.59. The van der Waals surface area contributed by atoms with Gasteiger partial charge in [0.1, 0.15) is 5.82 Å². The van der Waals surface area contributed by atoms with Crippen molar-refractivity contribution >= 4 is 17.5 Å². The lowest BCUT2D eigenvalue weighted by Crippen LogP contribution is -2.28. The van der Waals surface area contributed by atoms with Crippen molar-refractivity contribution in [3.05, 3.63) is 70.2 Å². The largest absolute Gasteiger partial charge is 0.494 e. The summed E-state index contributed by atoms with van der Waals surface area (Å²) in [5.41, 5.74) is 4.54. The summed E-state index contributed by atoms with van der Waals surface area (Å²) in [6.07, 6.45) is -0.0149. The van der Waals surface area contributed by atoms with Crippen LogP contribution in [0.5, 0.6) is 5.75 Å². The third kappa shape index (κ3) is 3.26. The number of nitrogens with zero attached hydrogens (tertiary/aromatic N) is 2. The lowest BCUT2D eigenvalue weighted by Gasteiger charge is -2.23. The Kier molecular flexibility index (Phi) is 4.89. The van der Waals surface area contributed by atoms with Gasteiger partial charge in [-0.25, -0.2) is 9.07 Å². The molecule has 0 bridgehead atoms. The van der Waals surface area contributed by atoms with E-state index in [0.29, 0.717) is 17.1 Å². The molecule has 154 valence electrons. The maximum absolute atomic E-state index is 14.2. The number of ketones is 1. The van der Waals surface area contributed by atoms with Gasteiger partial charge in [-0.15, -0.1) is 0 Å². The number of nitrogens with one attached hydrogen (secondary N) is 1. The van der Waals surface area contributed by atoms with E-state index in [1.54, 1.807) is 4.68 Å². The SMILES string of the molecule is COc1ccc(C(=O)[C@@H]2CC(=O)Nc3c2c(C)nn3-c2ccc(C)c(C)c2)cc1F. The molecule has 2 heterocycles. The number of aromatic nitrogens is 2. The van der Waals surface area contributed by atoms with Crippen LogP contribution < -0.4 is 10.1 Å². The number of carbonyl (C=O) groups excluding carboxylic acids is 2. The van der Waals surface area contributed by atoms with Gasteiger partial charge in [0.05, 0.1) is 24.4 Å². The summed E-state index contributed by atoms with van der Waals surface area (Å²) in [5.74, 6) is -1.41. The summed E-state index contributed by atoms with van der Waals surface area (Å²) in [7, 11) is 1.36. The summed E-state index contributed by atoms with van der Waals surface area (Å²) in [4.78, 5) is 25.7. The van der Waals surface area contributed by atoms with Crippen molar-refractivity contribution in [3.63, 3.8) is 0 Å². The minimum absolute atomic E-state index is 0.0149. The predicted octanol–water partition coefficient (Wildman–Crippen LogP) is 4.25. The molecule has 0 aliphatic carbocycles. The van der Waals surface area contributed by atoms with Gasteiger partial charge in [-0.1, -0.05) is 6.07 Å². The number of ether oxygens (including phenoxy) is 1. The lowest BCUT2D eigenvalue weighted by atomic mass is 9.85. The minimum Gasteiger partial charge on any atom is -0.494 e. The molecule has 30 heavy (non-hydrogen) atoms. The highest BCUT2D eigenvalue weighted by atomic mass is 19.1. The Morgan fingerprint density at radius 2 is 1.93 bits per heavy atom. The molecule has 0 saturated carbocycles. The van der Waals surface area contributed by atoms with Crippen LogP contribution in [0.2, 0.25) is 0 Å². The average molecular weight is 407 g/mol. The van der Waals surface area contributed by atoms with Crippen molar-refractivity contribution in [2.24, 2.45) is 0 Å². The molecule has 1 aliphatic heterocycles. The smallest absolute Gasteiger partial charge is 0.226 e. The Morgan fingerprint density at radius 3 is 2.60 bits per heavy atom. The highest BCUT2D eigenvalue weighted by molar-refractivity contribution is 6.08. The van der Waals surface area contributed by atoms with Crippen LogP contribution >= 0.6 is 0 Å². The summed E-state index contributed by atoms with van der Waals surface area (Å²) in [6.45, 7) is 5.83. The van der Waals surface area contributed by atoms with Crippen LogP contribution in [-0.4, -0.2) is 28.6 Å². The van der Waals surface area contributed by atoms with Crippen molar-refractivity contribution in [1.82, 2.24) is 9.78 Å². The summed E-state index contributed by atoms with van der Waals surface area (Å²) in [5, 5.41) is 7.46. The van der Waals surface area contributed by atoms with E-state index in [1.807, 2.05) is 39.0 Å². The Bertz CT molecular complexity index is 1180. The fraction of sp³-hybridized carbons (Fsp3) is 0.261. The van der Waals surface area contributed by atoms with Crippen molar-refractivity contribution < 1.29 is 18.7 Å². The fourth-order valence-corrected chi connectivity index (χ4v) is 3.84. The lowest BCUT2D eigenvalue weighted by molar-refractivity contribution is -0.116. The van der Waals surface area contributed by atoms with E-state index in [2.05, 4.69) is 10.4 Å². The maximum atomic E-state index is 14.2. The van der Waals surface area contributed by atoms with Crippen LogP contribution in [0, 0.1) is 26.6 Å². The van der Waals surface area contributed by atoms with E-state index in [-0.39, 0.29) is 29.4 Å². The predicted molar refractivity (Wildman–Crippen MR) is 111 cm³/mol. The zero-order valence-electron chi connectivity index (χ0n) is 17.2. The zero-order chi connectivity index (χ0) is 21.6. The first kappa shape index (κ1) is 19.8. The summed E-state index contributed by atoms with van der Waals surface area (Å²) < 4.78 is 20.7. The fourth-order valence-electron chi connectivity index (χ4n) is 3.84. The molecule has 6 nitrogen and oxygen atoms in total. The van der Waals surface area contributed by atoms with Crippen LogP contribution in [-0.2, 0) is 4.79 Å². The second-order valence-electron chi connectivity index (χ2n) is 7.55. The molecule has 0 fully saturated rings. The van der Waals surface area contributed by atoms with Gasteiger partial charge in [0.2, 0.25) is 5.91 Å². The molecular formula is C23H22FN3O3. The van der Waals surface area contributed by atoms with Crippen LogP contribution in [0.15, 0.2) is 36.4 Å². The number of aryl methyl sites for hydroxylation is 3. The number of anilines is 1. The van der Waals surface area contributed by atoms with Gasteiger partial charge in [0.15, 0.2) is 17.3 Å². The van der Waals surface area contributed by atoms with Crippen molar-refractivity contribution in [3.8, 4) is 11.4 Å². The van der Waals surface area contributed by atoms with Gasteiger partial charge in [-0.3, -0.25) is 9.59 Å². The summed E-state index contributed by atoms with van der Waals surface area (Å²) in [6, 6.07) is 9.97. The Morgan fingerprint density at radius 1 is 1.17 bits per heavy atom. The number of rotatable bonds is 4. The van der Waals surface area contributed by atoms with Gasteiger partial charge < -0.3 is 10.1 Å². The zero-order valence-corrected chi connectivity index (χ0v) is 17.2. The molecule has 1 amide bonds. The first-order chi connectivity index (χ1) is 14.3. The molecule has 0 unspecified atom stereocenters. The van der Waals surface area contributed by atoms with E-state index < -0.39 is 11.7 Å². The van der Waals surface area contributed by atoms with Crippen LogP contribution in [0.25, 0.3) is 5.69 Å². The van der Waals surface area contributed by atoms with Crippen molar-refractivity contribution in [2.45, 2.75) is 33.1 Å².